The summed E-state index contributed by atoms with van der Waals surface area (Å²) in [6.07, 6.45) is 0. The van der Waals surface area contributed by atoms with E-state index < -0.39 is 9.84 Å². The Kier molecular flexibility index (Phi) is 6.81. The zero-order valence-electron chi connectivity index (χ0n) is 12.3. The zero-order chi connectivity index (χ0) is 15.0. The number of benzene rings is 1. The molecule has 5 nitrogen and oxygen atoms in total. The minimum absolute atomic E-state index is 0.0291. The molecule has 0 aliphatic carbocycles. The van der Waals surface area contributed by atoms with Crippen molar-refractivity contribution in [3.8, 4) is 11.5 Å². The number of hydrogen-bond donors (Lipinski definition) is 1. The summed E-state index contributed by atoms with van der Waals surface area (Å²) in [5.41, 5.74) is 0.988. The van der Waals surface area contributed by atoms with Gasteiger partial charge in [0, 0.05) is 23.9 Å². The van der Waals surface area contributed by atoms with Crippen LogP contribution in [0.5, 0.6) is 11.5 Å². The van der Waals surface area contributed by atoms with Gasteiger partial charge in [0.15, 0.2) is 9.84 Å². The fourth-order valence-corrected chi connectivity index (χ4v) is 2.25. The first-order chi connectivity index (χ1) is 9.52. The van der Waals surface area contributed by atoms with Gasteiger partial charge in [-0.1, -0.05) is 19.9 Å². The third-order valence-corrected chi connectivity index (χ3v) is 4.60. The van der Waals surface area contributed by atoms with E-state index in [1.807, 2.05) is 19.1 Å². The van der Waals surface area contributed by atoms with Gasteiger partial charge in [-0.2, -0.15) is 0 Å². The summed E-state index contributed by atoms with van der Waals surface area (Å²) in [7, 11) is -1.42. The van der Waals surface area contributed by atoms with Crippen molar-refractivity contribution in [1.82, 2.24) is 5.32 Å². The van der Waals surface area contributed by atoms with E-state index in [-0.39, 0.29) is 18.1 Å². The van der Waals surface area contributed by atoms with Gasteiger partial charge in [-0.25, -0.2) is 8.42 Å². The van der Waals surface area contributed by atoms with Crippen molar-refractivity contribution in [2.45, 2.75) is 20.4 Å². The summed E-state index contributed by atoms with van der Waals surface area (Å²) >= 11 is 0. The molecule has 0 heterocycles. The monoisotopic (exact) mass is 301 g/mol. The van der Waals surface area contributed by atoms with Crippen LogP contribution in [0.4, 0.5) is 0 Å². The predicted octanol–water partition coefficient (Wildman–Crippen LogP) is 1.62. The molecule has 0 aliphatic heterocycles. The second-order valence-corrected chi connectivity index (χ2v) is 6.81. The third-order valence-electron chi connectivity index (χ3n) is 2.93. The maximum absolute atomic E-state index is 11.5. The molecule has 6 heteroatoms. The molecule has 0 spiro atoms. The van der Waals surface area contributed by atoms with Gasteiger partial charge in [-0.15, -0.1) is 0 Å². The zero-order valence-corrected chi connectivity index (χ0v) is 13.1. The second-order valence-electron chi connectivity index (χ2n) is 4.34. The van der Waals surface area contributed by atoms with Crippen LogP contribution in [0.2, 0.25) is 0 Å². The molecule has 0 unspecified atom stereocenters. The fourth-order valence-electron chi connectivity index (χ4n) is 1.62. The van der Waals surface area contributed by atoms with Gasteiger partial charge in [-0.05, 0) is 12.6 Å². The summed E-state index contributed by atoms with van der Waals surface area (Å²) in [6.45, 7) is 5.35. The summed E-state index contributed by atoms with van der Waals surface area (Å²) in [5.74, 6) is 1.52. The Morgan fingerprint density at radius 2 is 2.00 bits per heavy atom. The van der Waals surface area contributed by atoms with E-state index in [1.165, 1.54) is 0 Å². The number of hydrogen-bond acceptors (Lipinski definition) is 5. The highest BCUT2D eigenvalue weighted by Crippen LogP contribution is 2.24. The molecular weight excluding hydrogens is 278 g/mol. The van der Waals surface area contributed by atoms with Crippen LogP contribution in [0.15, 0.2) is 18.2 Å². The van der Waals surface area contributed by atoms with Gasteiger partial charge in [-0.3, -0.25) is 0 Å². The third kappa shape index (κ3) is 5.38. The molecule has 0 saturated heterocycles. The lowest BCUT2D eigenvalue weighted by Crippen LogP contribution is -2.17. The molecule has 1 rings (SSSR count). The van der Waals surface area contributed by atoms with Crippen LogP contribution >= 0.6 is 0 Å². The summed E-state index contributed by atoms with van der Waals surface area (Å²) < 4.78 is 33.7. The Morgan fingerprint density at radius 3 is 2.60 bits per heavy atom. The molecule has 0 fully saturated rings. The first-order valence-electron chi connectivity index (χ1n) is 6.73. The highest BCUT2D eigenvalue weighted by molar-refractivity contribution is 7.91. The van der Waals surface area contributed by atoms with Crippen LogP contribution in [0, 0.1) is 0 Å². The number of methoxy groups -OCH3 is 1. The van der Waals surface area contributed by atoms with Crippen molar-refractivity contribution in [3.05, 3.63) is 23.8 Å². The first-order valence-corrected chi connectivity index (χ1v) is 8.55. The van der Waals surface area contributed by atoms with E-state index in [2.05, 4.69) is 5.32 Å². The lowest BCUT2D eigenvalue weighted by molar-refractivity contribution is 0.332. The van der Waals surface area contributed by atoms with E-state index in [0.717, 1.165) is 12.1 Å². The van der Waals surface area contributed by atoms with Gasteiger partial charge in [0.1, 0.15) is 18.1 Å². The SMILES string of the molecule is CCNCc1ccc(OC)cc1OCCS(=O)(=O)CC. The summed E-state index contributed by atoms with van der Waals surface area (Å²) in [5, 5.41) is 3.22. The Labute approximate surface area is 121 Å². The van der Waals surface area contributed by atoms with Crippen molar-refractivity contribution in [2.24, 2.45) is 0 Å². The maximum atomic E-state index is 11.5. The molecule has 20 heavy (non-hydrogen) atoms. The average Bonchev–Trinajstić information content (AvgIpc) is 2.45. The Bertz CT molecular complexity index is 514. The molecule has 0 amide bonds. The topological polar surface area (TPSA) is 64.6 Å². The molecule has 0 saturated carbocycles. The highest BCUT2D eigenvalue weighted by Gasteiger charge is 2.10. The van der Waals surface area contributed by atoms with Gasteiger partial charge in [0.25, 0.3) is 0 Å². The van der Waals surface area contributed by atoms with Crippen LogP contribution < -0.4 is 14.8 Å². The van der Waals surface area contributed by atoms with Gasteiger partial charge in [0.2, 0.25) is 0 Å². The van der Waals surface area contributed by atoms with Gasteiger partial charge < -0.3 is 14.8 Å². The van der Waals surface area contributed by atoms with Crippen molar-refractivity contribution in [3.63, 3.8) is 0 Å². The van der Waals surface area contributed by atoms with E-state index in [1.54, 1.807) is 20.1 Å². The van der Waals surface area contributed by atoms with Crippen molar-refractivity contribution >= 4 is 9.84 Å². The number of nitrogens with one attached hydrogen (secondary N) is 1. The molecule has 0 bridgehead atoms. The number of ether oxygens (including phenoxy) is 2. The second kappa shape index (κ2) is 8.11. The minimum atomic E-state index is -3.01. The number of rotatable bonds is 9. The summed E-state index contributed by atoms with van der Waals surface area (Å²) in [6, 6.07) is 5.57. The molecule has 1 aromatic rings. The average molecular weight is 301 g/mol. The van der Waals surface area contributed by atoms with E-state index in [0.29, 0.717) is 18.0 Å². The molecule has 0 atom stereocenters. The van der Waals surface area contributed by atoms with Crippen molar-refractivity contribution in [2.75, 3.05) is 31.8 Å². The van der Waals surface area contributed by atoms with Crippen LogP contribution in [-0.2, 0) is 16.4 Å². The predicted molar refractivity (Wildman–Crippen MR) is 80.2 cm³/mol. The lowest BCUT2D eigenvalue weighted by atomic mass is 10.2. The molecule has 0 aliphatic rings. The highest BCUT2D eigenvalue weighted by atomic mass is 32.2. The normalized spacial score (nSPS) is 11.3. The molecule has 0 aromatic heterocycles. The summed E-state index contributed by atoms with van der Waals surface area (Å²) in [4.78, 5) is 0. The molecule has 0 radical (unpaired) electrons. The van der Waals surface area contributed by atoms with E-state index in [4.69, 9.17) is 9.47 Å². The van der Waals surface area contributed by atoms with Crippen molar-refractivity contribution < 1.29 is 17.9 Å². The molecule has 1 N–H and O–H groups in total. The fraction of sp³-hybridized carbons (Fsp3) is 0.571. The van der Waals surface area contributed by atoms with Crippen LogP contribution in [0.1, 0.15) is 19.4 Å². The minimum Gasteiger partial charge on any atom is -0.497 e. The van der Waals surface area contributed by atoms with Crippen LogP contribution in [0.3, 0.4) is 0 Å². The first kappa shape index (κ1) is 16.8. The smallest absolute Gasteiger partial charge is 0.153 e. The molecule has 1 aromatic carbocycles. The lowest BCUT2D eigenvalue weighted by Gasteiger charge is -2.13. The Balaban J connectivity index is 2.74. The number of sulfone groups is 1. The Hall–Kier alpha value is -1.27. The van der Waals surface area contributed by atoms with Crippen LogP contribution in [-0.4, -0.2) is 40.2 Å². The standard InChI is InChI=1S/C14H23NO4S/c1-4-15-11-12-6-7-13(18-3)10-14(12)19-8-9-20(16,17)5-2/h6-7,10,15H,4-5,8-9,11H2,1-3H3. The van der Waals surface area contributed by atoms with Gasteiger partial charge in [0.05, 0.1) is 12.9 Å². The van der Waals surface area contributed by atoms with E-state index >= 15 is 0 Å². The Morgan fingerprint density at radius 1 is 1.25 bits per heavy atom. The molecule has 114 valence electrons. The van der Waals surface area contributed by atoms with E-state index in [9.17, 15) is 8.42 Å². The van der Waals surface area contributed by atoms with Gasteiger partial charge >= 0.3 is 0 Å². The molecular formula is C14H23NO4S. The van der Waals surface area contributed by atoms with Crippen molar-refractivity contribution in [1.29, 1.82) is 0 Å². The largest absolute Gasteiger partial charge is 0.497 e. The van der Waals surface area contributed by atoms with Crippen LogP contribution in [0.25, 0.3) is 0 Å². The quantitative estimate of drug-likeness (QED) is 0.751. The maximum Gasteiger partial charge on any atom is 0.153 e.